The molecule has 0 N–H and O–H groups in total. The van der Waals surface area contributed by atoms with Crippen molar-refractivity contribution in [2.75, 3.05) is 0 Å². The van der Waals surface area contributed by atoms with Gasteiger partial charge in [0.15, 0.2) is 0 Å². The molecule has 0 aliphatic carbocycles. The van der Waals surface area contributed by atoms with Crippen LogP contribution in [0.3, 0.4) is 0 Å². The molecule has 0 saturated carbocycles. The topological polar surface area (TPSA) is 9.23 Å². The minimum atomic E-state index is -0.0172. The van der Waals surface area contributed by atoms with Gasteiger partial charge >= 0.3 is 109 Å². The third-order valence-corrected chi connectivity index (χ3v) is 3.95. The van der Waals surface area contributed by atoms with E-state index in [1.807, 2.05) is 42.5 Å². The average Bonchev–Trinajstić information content (AvgIpc) is 2.42. The van der Waals surface area contributed by atoms with Crippen molar-refractivity contribution in [2.45, 2.75) is 6.10 Å². The van der Waals surface area contributed by atoms with Crippen molar-refractivity contribution in [2.24, 2.45) is 0 Å². The molecule has 1 atom stereocenters. The van der Waals surface area contributed by atoms with Crippen molar-refractivity contribution in [1.82, 2.24) is 0 Å². The molecule has 0 aliphatic rings. The number of benzene rings is 2. The van der Waals surface area contributed by atoms with Crippen molar-refractivity contribution in [3.8, 4) is 0 Å². The monoisotopic (exact) mass is 290 g/mol. The fraction of sp³-hybridized carbons (Fsp3) is 0.0667. The van der Waals surface area contributed by atoms with E-state index in [-0.39, 0.29) is 21.4 Å². The number of hydrogen-bond acceptors (Lipinski definition) is 1. The summed E-state index contributed by atoms with van der Waals surface area (Å²) in [6.07, 6.45) is 1.83. The van der Waals surface area contributed by atoms with Gasteiger partial charge < -0.3 is 0 Å². The van der Waals surface area contributed by atoms with E-state index in [4.69, 9.17) is 3.82 Å². The first-order valence-corrected chi connectivity index (χ1v) is 7.01. The van der Waals surface area contributed by atoms with Crippen LogP contribution in [0, 0.1) is 0 Å². The van der Waals surface area contributed by atoms with Crippen LogP contribution < -0.4 is 4.46 Å². The van der Waals surface area contributed by atoms with E-state index in [0.29, 0.717) is 0 Å². The van der Waals surface area contributed by atoms with Crippen LogP contribution in [0.25, 0.3) is 0 Å². The summed E-state index contributed by atoms with van der Waals surface area (Å²) in [5, 5.41) is 0. The Morgan fingerprint density at radius 2 is 1.53 bits per heavy atom. The van der Waals surface area contributed by atoms with Crippen molar-refractivity contribution >= 4 is 19.7 Å². The summed E-state index contributed by atoms with van der Waals surface area (Å²) in [6.45, 7) is 3.83. The summed E-state index contributed by atoms with van der Waals surface area (Å²) in [5.41, 5.74) is 1.15. The maximum atomic E-state index is 5.91. The van der Waals surface area contributed by atoms with Crippen LogP contribution >= 0.6 is 0 Å². The second-order valence-electron chi connectivity index (χ2n) is 3.56. The normalized spacial score (nSPS) is 12.0. The summed E-state index contributed by atoms with van der Waals surface area (Å²) >= 11 is 0.0238. The summed E-state index contributed by atoms with van der Waals surface area (Å²) < 4.78 is 7.15. The van der Waals surface area contributed by atoms with Crippen LogP contribution in [-0.4, -0.2) is 15.3 Å². The van der Waals surface area contributed by atoms with Gasteiger partial charge in [0, 0.05) is 0 Å². The summed E-state index contributed by atoms with van der Waals surface area (Å²) in [7, 11) is 0. The van der Waals surface area contributed by atoms with Crippen LogP contribution in [0.5, 0.6) is 0 Å². The predicted octanol–water partition coefficient (Wildman–Crippen LogP) is 2.88. The van der Waals surface area contributed by atoms with E-state index >= 15 is 0 Å². The Labute approximate surface area is 109 Å². The number of hydrogen-bond donors (Lipinski definition) is 0. The summed E-state index contributed by atoms with van der Waals surface area (Å²) in [4.78, 5) is 0. The van der Waals surface area contributed by atoms with Crippen molar-refractivity contribution < 1.29 is 3.82 Å². The number of rotatable bonds is 5. The molecule has 0 unspecified atom stereocenters. The molecule has 0 fully saturated rings. The third kappa shape index (κ3) is 3.57. The molecule has 2 aromatic carbocycles. The molecule has 0 amide bonds. The summed E-state index contributed by atoms with van der Waals surface area (Å²) in [6, 6.07) is 20.4. The SMILES string of the molecule is C=C[C@H](O[Se]c1ccccc1)c1ccccc1. The van der Waals surface area contributed by atoms with E-state index in [1.165, 1.54) is 4.46 Å². The maximum absolute atomic E-state index is 5.91. The second kappa shape index (κ2) is 6.41. The first-order valence-electron chi connectivity index (χ1n) is 5.46. The molecule has 2 heteroatoms. The molecule has 17 heavy (non-hydrogen) atoms. The third-order valence-electron chi connectivity index (χ3n) is 2.33. The molecule has 86 valence electrons. The van der Waals surface area contributed by atoms with Crippen molar-refractivity contribution in [3.05, 3.63) is 78.9 Å². The Kier molecular flexibility index (Phi) is 4.57. The van der Waals surface area contributed by atoms with Gasteiger partial charge in [-0.2, -0.15) is 0 Å². The first-order chi connectivity index (χ1) is 8.40. The predicted molar refractivity (Wildman–Crippen MR) is 72.3 cm³/mol. The van der Waals surface area contributed by atoms with Gasteiger partial charge in [0.2, 0.25) is 0 Å². The van der Waals surface area contributed by atoms with Gasteiger partial charge in [-0.25, -0.2) is 0 Å². The van der Waals surface area contributed by atoms with E-state index in [9.17, 15) is 0 Å². The molecule has 0 aromatic heterocycles. The zero-order valence-corrected chi connectivity index (χ0v) is 11.2. The van der Waals surface area contributed by atoms with Crippen LogP contribution in [0.4, 0.5) is 0 Å². The van der Waals surface area contributed by atoms with Crippen LogP contribution in [0.15, 0.2) is 73.3 Å². The van der Waals surface area contributed by atoms with Crippen LogP contribution in [0.2, 0.25) is 0 Å². The molecular weight excluding hydrogens is 275 g/mol. The molecule has 0 bridgehead atoms. The molecule has 0 aliphatic heterocycles. The molecule has 0 saturated heterocycles. The minimum absolute atomic E-state index is 0.0172. The van der Waals surface area contributed by atoms with Crippen LogP contribution in [-0.2, 0) is 3.82 Å². The fourth-order valence-corrected chi connectivity index (χ4v) is 2.87. The summed E-state index contributed by atoms with van der Waals surface area (Å²) in [5.74, 6) is 0. The Hall–Kier alpha value is -1.34. The second-order valence-corrected chi connectivity index (χ2v) is 5.30. The molecule has 0 heterocycles. The molecule has 0 spiro atoms. The van der Waals surface area contributed by atoms with Gasteiger partial charge in [-0.15, -0.1) is 0 Å². The fourth-order valence-electron chi connectivity index (χ4n) is 1.46. The molecular formula is C15H14OSe. The Morgan fingerprint density at radius 3 is 2.12 bits per heavy atom. The van der Waals surface area contributed by atoms with E-state index < -0.39 is 0 Å². The Bertz CT molecular complexity index is 453. The Balaban J connectivity index is 2.00. The Morgan fingerprint density at radius 1 is 0.941 bits per heavy atom. The van der Waals surface area contributed by atoms with E-state index in [1.54, 1.807) is 0 Å². The zero-order chi connectivity index (χ0) is 11.9. The van der Waals surface area contributed by atoms with Gasteiger partial charge in [-0.1, -0.05) is 0 Å². The average molecular weight is 289 g/mol. The first kappa shape index (κ1) is 12.1. The van der Waals surface area contributed by atoms with Gasteiger partial charge in [0.05, 0.1) is 0 Å². The van der Waals surface area contributed by atoms with Gasteiger partial charge in [0.25, 0.3) is 0 Å². The van der Waals surface area contributed by atoms with E-state index in [0.717, 1.165) is 5.56 Å². The van der Waals surface area contributed by atoms with Gasteiger partial charge in [-0.05, 0) is 0 Å². The van der Waals surface area contributed by atoms with Crippen molar-refractivity contribution in [3.63, 3.8) is 0 Å². The molecule has 2 aromatic rings. The van der Waals surface area contributed by atoms with Crippen molar-refractivity contribution in [1.29, 1.82) is 0 Å². The van der Waals surface area contributed by atoms with Gasteiger partial charge in [-0.3, -0.25) is 0 Å². The van der Waals surface area contributed by atoms with E-state index in [2.05, 4.69) is 30.8 Å². The zero-order valence-electron chi connectivity index (χ0n) is 9.45. The molecule has 2 rings (SSSR count). The van der Waals surface area contributed by atoms with Gasteiger partial charge in [0.1, 0.15) is 0 Å². The molecule has 1 nitrogen and oxygen atoms in total. The van der Waals surface area contributed by atoms with Crippen LogP contribution in [0.1, 0.15) is 11.7 Å². The molecule has 0 radical (unpaired) electrons. The quantitative estimate of drug-likeness (QED) is 0.607. The standard InChI is InChI=1S/C15H14OSe/c1-2-15(13-9-5-3-6-10-13)16-17-14-11-7-4-8-12-14/h2-12,15H,1H2/t15-/m0/s1.